The summed E-state index contributed by atoms with van der Waals surface area (Å²) in [6, 6.07) is 12.7. The predicted molar refractivity (Wildman–Crippen MR) is 204 cm³/mol. The van der Waals surface area contributed by atoms with Crippen LogP contribution < -0.4 is 10.1 Å². The number of nitrogens with one attached hydrogen (secondary N) is 1. The molecule has 284 valence electrons. The minimum atomic E-state index is -0.549. The number of carbonyl (C=O) groups excluding carboxylic acids is 2. The van der Waals surface area contributed by atoms with E-state index in [1.165, 1.54) is 12.1 Å². The van der Waals surface area contributed by atoms with Crippen molar-refractivity contribution in [3.8, 4) is 17.1 Å². The maximum Gasteiger partial charge on any atom is 0.258 e. The van der Waals surface area contributed by atoms with Gasteiger partial charge < -0.3 is 19.1 Å². The Hall–Kier alpha value is -5.17. The fraction of sp³-hybridized carbons (Fsp3) is 0.439. The van der Waals surface area contributed by atoms with Crippen molar-refractivity contribution < 1.29 is 23.1 Å². The zero-order chi connectivity index (χ0) is 38.1. The highest BCUT2D eigenvalue weighted by Gasteiger charge is 2.29. The number of fused-ring (bicyclic) bond motifs is 7. The molecule has 1 saturated heterocycles. The molecule has 2 aliphatic rings. The summed E-state index contributed by atoms with van der Waals surface area (Å²) in [7, 11) is 3.69. The van der Waals surface area contributed by atoms with Gasteiger partial charge >= 0.3 is 0 Å². The van der Waals surface area contributed by atoms with Gasteiger partial charge in [0.2, 0.25) is 11.8 Å². The second kappa shape index (κ2) is 15.7. The van der Waals surface area contributed by atoms with Crippen LogP contribution in [0.25, 0.3) is 22.3 Å². The first kappa shape index (κ1) is 37.2. The minimum Gasteiger partial charge on any atom is -0.477 e. The van der Waals surface area contributed by atoms with Gasteiger partial charge in [-0.25, -0.2) is 18.4 Å². The summed E-state index contributed by atoms with van der Waals surface area (Å²) in [5, 5.41) is 7.45. The van der Waals surface area contributed by atoms with Crippen LogP contribution in [0.3, 0.4) is 0 Å². The first-order valence-electron chi connectivity index (χ1n) is 18.8. The molecule has 13 heteroatoms. The summed E-state index contributed by atoms with van der Waals surface area (Å²) in [4.78, 5) is 41.5. The number of rotatable bonds is 6. The highest BCUT2D eigenvalue weighted by atomic mass is 19.1. The van der Waals surface area contributed by atoms with E-state index in [0.29, 0.717) is 70.9 Å². The van der Waals surface area contributed by atoms with E-state index in [1.807, 2.05) is 48.7 Å². The average molecular weight is 739 g/mol. The monoisotopic (exact) mass is 738 g/mol. The van der Waals surface area contributed by atoms with E-state index >= 15 is 0 Å². The van der Waals surface area contributed by atoms with Gasteiger partial charge in [0.1, 0.15) is 11.6 Å². The third kappa shape index (κ3) is 8.01. The van der Waals surface area contributed by atoms with Crippen LogP contribution in [0.15, 0.2) is 54.7 Å². The molecule has 7 rings (SSSR count). The van der Waals surface area contributed by atoms with Crippen LogP contribution in [0.2, 0.25) is 0 Å². The Morgan fingerprint density at radius 3 is 2.57 bits per heavy atom. The maximum atomic E-state index is 14.0. The molecule has 1 N–H and O–H groups in total. The zero-order valence-corrected chi connectivity index (χ0v) is 31.6. The number of pyridine rings is 1. The number of hydrogen-bond donors (Lipinski definition) is 1. The molecular weight excluding hydrogens is 691 g/mol. The molecular formula is C41H48F2N8O3. The Kier molecular flexibility index (Phi) is 10.8. The van der Waals surface area contributed by atoms with Crippen LogP contribution in [0.4, 0.5) is 14.7 Å². The van der Waals surface area contributed by atoms with Gasteiger partial charge in [-0.15, -0.1) is 0 Å². The fourth-order valence-electron chi connectivity index (χ4n) is 7.83. The quantitative estimate of drug-likeness (QED) is 0.202. The molecule has 1 unspecified atom stereocenters. The van der Waals surface area contributed by atoms with E-state index in [9.17, 15) is 18.4 Å². The Morgan fingerprint density at radius 1 is 1.06 bits per heavy atom. The van der Waals surface area contributed by atoms with E-state index < -0.39 is 11.6 Å². The van der Waals surface area contributed by atoms with Crippen molar-refractivity contribution in [1.82, 2.24) is 34.1 Å². The molecule has 3 aromatic heterocycles. The number of halogens is 2. The van der Waals surface area contributed by atoms with Gasteiger partial charge in [-0.3, -0.25) is 19.9 Å². The second-order valence-electron chi connectivity index (χ2n) is 15.0. The van der Waals surface area contributed by atoms with Crippen molar-refractivity contribution in [2.75, 3.05) is 38.6 Å². The van der Waals surface area contributed by atoms with Crippen LogP contribution in [0.1, 0.15) is 71.5 Å². The van der Waals surface area contributed by atoms with Gasteiger partial charge in [0.15, 0.2) is 0 Å². The van der Waals surface area contributed by atoms with Crippen LogP contribution in [-0.2, 0) is 20.0 Å². The predicted octanol–water partition coefficient (Wildman–Crippen LogP) is 6.89. The number of ether oxygens (including phenoxy) is 1. The Labute approximate surface area is 314 Å². The second-order valence-corrected chi connectivity index (χ2v) is 15.0. The van der Waals surface area contributed by atoms with Gasteiger partial charge in [0.05, 0.1) is 35.1 Å². The molecule has 2 atom stereocenters. The lowest BCUT2D eigenvalue weighted by atomic mass is 9.89. The number of anilines is 1. The molecule has 2 aromatic carbocycles. The number of likely N-dealkylation sites (tertiary alicyclic amines) is 1. The summed E-state index contributed by atoms with van der Waals surface area (Å²) in [6.45, 7) is 9.67. The molecule has 2 amide bonds. The highest BCUT2D eigenvalue weighted by molar-refractivity contribution is 6.05. The number of piperidine rings is 1. The van der Waals surface area contributed by atoms with Crippen molar-refractivity contribution in [2.24, 2.45) is 18.9 Å². The Balaban J connectivity index is 1.08. The topological polar surface area (TPSA) is 110 Å². The Morgan fingerprint density at radius 2 is 1.81 bits per heavy atom. The molecule has 2 aliphatic heterocycles. The first-order chi connectivity index (χ1) is 25.9. The third-order valence-corrected chi connectivity index (χ3v) is 11.1. The molecule has 0 saturated carbocycles. The number of imidazole rings is 1. The van der Waals surface area contributed by atoms with Gasteiger partial charge in [0.25, 0.3) is 11.8 Å². The number of aromatic nitrogens is 5. The SMILES string of the molecule is Cc1cc2cc(n1)-c1cnn(C)c1OCCC[C@@H](C)Cn1c(nc3ccc(C(=O)N(C)C(C)C4CCN(CCc5cc(F)cc(F)c5)CC4)cc31)NC2=O. The van der Waals surface area contributed by atoms with Gasteiger partial charge in [-0.1, -0.05) is 6.92 Å². The minimum absolute atomic E-state index is 0.00735. The molecule has 1 fully saturated rings. The Bertz CT molecular complexity index is 2150. The van der Waals surface area contributed by atoms with E-state index in [0.717, 1.165) is 62.5 Å². The lowest BCUT2D eigenvalue weighted by Gasteiger charge is -2.38. The van der Waals surface area contributed by atoms with E-state index in [2.05, 4.69) is 34.1 Å². The highest BCUT2D eigenvalue weighted by Crippen LogP contribution is 2.31. The number of carbonyl (C=O) groups is 2. The summed E-state index contributed by atoms with van der Waals surface area (Å²) in [5.74, 6) is 0.0809. The largest absolute Gasteiger partial charge is 0.477 e. The molecule has 0 spiro atoms. The molecule has 54 heavy (non-hydrogen) atoms. The van der Waals surface area contributed by atoms with Crippen molar-refractivity contribution in [1.29, 1.82) is 0 Å². The number of amides is 2. The van der Waals surface area contributed by atoms with E-state index in [1.54, 1.807) is 23.0 Å². The fourth-order valence-corrected chi connectivity index (χ4v) is 7.83. The number of benzene rings is 2. The van der Waals surface area contributed by atoms with Gasteiger partial charge in [0, 0.05) is 56.1 Å². The van der Waals surface area contributed by atoms with Crippen LogP contribution in [0, 0.1) is 30.4 Å². The van der Waals surface area contributed by atoms with Crippen LogP contribution >= 0.6 is 0 Å². The van der Waals surface area contributed by atoms with Crippen molar-refractivity contribution in [3.63, 3.8) is 0 Å². The lowest BCUT2D eigenvalue weighted by Crippen LogP contribution is -2.45. The maximum absolute atomic E-state index is 14.0. The van der Waals surface area contributed by atoms with E-state index in [-0.39, 0.29) is 23.8 Å². The van der Waals surface area contributed by atoms with Crippen molar-refractivity contribution in [3.05, 3.63) is 88.7 Å². The number of nitrogens with zero attached hydrogens (tertiary/aromatic N) is 7. The molecule has 2 bridgehead atoms. The first-order valence-corrected chi connectivity index (χ1v) is 18.8. The third-order valence-electron chi connectivity index (χ3n) is 11.1. The molecule has 11 nitrogen and oxygen atoms in total. The van der Waals surface area contributed by atoms with Crippen LogP contribution in [-0.4, -0.2) is 85.3 Å². The van der Waals surface area contributed by atoms with E-state index in [4.69, 9.17) is 9.72 Å². The summed E-state index contributed by atoms with van der Waals surface area (Å²) < 4.78 is 37.2. The lowest BCUT2D eigenvalue weighted by molar-refractivity contribution is 0.0622. The standard InChI is InChI=1S/C41H48F2N8O3/c1-25-7-6-16-54-40-34(23-44-49(40)5)36-20-31(17-26(2)45-36)38(52)47-41-46-35-9-8-30(21-37(35)51(41)24-25)39(53)48(4)27(3)29-11-14-50(15-12-29)13-10-28-18-32(42)22-33(43)19-28/h8-9,17-23,25,27,29H,6-7,10-16,24H2,1-5H3,(H,46,47,52)/t25-,27?/m1/s1. The number of aryl methyl sites for hydroxylation is 2. The summed E-state index contributed by atoms with van der Waals surface area (Å²) in [6.07, 6.45) is 5.83. The molecule has 5 aromatic rings. The number of hydrogen-bond acceptors (Lipinski definition) is 7. The molecule has 0 radical (unpaired) electrons. The smallest absolute Gasteiger partial charge is 0.258 e. The van der Waals surface area contributed by atoms with Crippen molar-refractivity contribution >= 4 is 28.8 Å². The normalized spacial score (nSPS) is 17.8. The van der Waals surface area contributed by atoms with Gasteiger partial charge in [-0.2, -0.15) is 5.10 Å². The zero-order valence-electron chi connectivity index (χ0n) is 31.6. The summed E-state index contributed by atoms with van der Waals surface area (Å²) >= 11 is 0. The van der Waals surface area contributed by atoms with Gasteiger partial charge in [-0.05, 0) is 119 Å². The van der Waals surface area contributed by atoms with Crippen molar-refractivity contribution in [2.45, 2.75) is 65.5 Å². The molecule has 0 aliphatic carbocycles. The van der Waals surface area contributed by atoms with Crippen LogP contribution in [0.5, 0.6) is 5.88 Å². The summed E-state index contributed by atoms with van der Waals surface area (Å²) in [5.41, 5.74) is 5.14. The average Bonchev–Trinajstić information content (AvgIpc) is 3.68. The molecule has 5 heterocycles.